The van der Waals surface area contributed by atoms with Crippen LogP contribution in [0.1, 0.15) is 50.4 Å². The van der Waals surface area contributed by atoms with Crippen molar-refractivity contribution in [2.75, 3.05) is 13.1 Å². The van der Waals surface area contributed by atoms with Gasteiger partial charge < -0.3 is 9.47 Å². The Morgan fingerprint density at radius 2 is 2.26 bits per heavy atom. The van der Waals surface area contributed by atoms with Crippen LogP contribution in [0.15, 0.2) is 24.1 Å². The lowest BCUT2D eigenvalue weighted by Crippen LogP contribution is -2.41. The molecule has 2 aromatic rings. The van der Waals surface area contributed by atoms with Gasteiger partial charge in [0.2, 0.25) is 5.91 Å². The number of hydrogen-bond donors (Lipinski definition) is 0. The first-order valence-electron chi connectivity index (χ1n) is 8.13. The number of carbonyl (C=O) groups excluding carboxylic acids is 1. The molecule has 6 heteroatoms. The molecule has 124 valence electrons. The lowest BCUT2D eigenvalue weighted by Gasteiger charge is -2.33. The maximum Gasteiger partial charge on any atom is 0.228 e. The molecule has 1 fully saturated rings. The Kier molecular flexibility index (Phi) is 4.53. The summed E-state index contributed by atoms with van der Waals surface area (Å²) in [4.78, 5) is 23.3. The first-order valence-corrected chi connectivity index (χ1v) is 9.01. The van der Waals surface area contributed by atoms with Gasteiger partial charge in [-0.3, -0.25) is 4.79 Å². The lowest BCUT2D eigenvalue weighted by atomic mass is 9.98. The van der Waals surface area contributed by atoms with Crippen LogP contribution in [0.5, 0.6) is 0 Å². The molecule has 0 unspecified atom stereocenters. The van der Waals surface area contributed by atoms with Crippen LogP contribution in [0, 0.1) is 0 Å². The van der Waals surface area contributed by atoms with Crippen molar-refractivity contribution in [3.63, 3.8) is 0 Å². The van der Waals surface area contributed by atoms with Gasteiger partial charge in [-0.1, -0.05) is 20.8 Å². The summed E-state index contributed by atoms with van der Waals surface area (Å²) in [5.41, 5.74) is 0.943. The van der Waals surface area contributed by atoms with E-state index in [-0.39, 0.29) is 11.3 Å². The summed E-state index contributed by atoms with van der Waals surface area (Å²) in [5.74, 6) is 0.181. The molecule has 0 aromatic carbocycles. The highest BCUT2D eigenvalue weighted by Crippen LogP contribution is 2.26. The number of amides is 1. The van der Waals surface area contributed by atoms with Crippen molar-refractivity contribution in [3.8, 4) is 0 Å². The van der Waals surface area contributed by atoms with E-state index in [0.29, 0.717) is 12.5 Å². The van der Waals surface area contributed by atoms with E-state index in [9.17, 15) is 4.79 Å². The number of imidazole rings is 1. The smallest absolute Gasteiger partial charge is 0.228 e. The molecule has 1 atom stereocenters. The van der Waals surface area contributed by atoms with Crippen molar-refractivity contribution >= 4 is 17.2 Å². The Balaban J connectivity index is 1.63. The fraction of sp³-hybridized carbons (Fsp3) is 0.588. The minimum absolute atomic E-state index is 0.0452. The third-order valence-corrected chi connectivity index (χ3v) is 5.54. The molecule has 0 spiro atoms. The average Bonchev–Trinajstić information content (AvgIpc) is 3.18. The van der Waals surface area contributed by atoms with Crippen molar-refractivity contribution in [2.24, 2.45) is 0 Å². The topological polar surface area (TPSA) is 51.0 Å². The van der Waals surface area contributed by atoms with Gasteiger partial charge in [0.1, 0.15) is 0 Å². The lowest BCUT2D eigenvalue weighted by molar-refractivity contribution is -0.132. The van der Waals surface area contributed by atoms with Gasteiger partial charge in [0.05, 0.1) is 29.5 Å². The highest BCUT2D eigenvalue weighted by molar-refractivity contribution is 7.09. The van der Waals surface area contributed by atoms with E-state index in [2.05, 4.69) is 35.3 Å². The van der Waals surface area contributed by atoms with E-state index in [1.165, 1.54) is 0 Å². The molecule has 2 aromatic heterocycles. The standard InChI is InChI=1S/C17H24N4OS/c1-17(2,3)16-19-13(11-23-16)9-15(22)20-7-4-5-14(10-20)21-8-6-18-12-21/h6,8,11-12,14H,4-5,7,9-10H2,1-3H3/t14-/m1/s1. The van der Waals surface area contributed by atoms with Gasteiger partial charge in [-0.25, -0.2) is 9.97 Å². The molecule has 1 aliphatic heterocycles. The van der Waals surface area contributed by atoms with Crippen molar-refractivity contribution in [3.05, 3.63) is 34.8 Å². The van der Waals surface area contributed by atoms with Gasteiger partial charge in [-0.2, -0.15) is 0 Å². The van der Waals surface area contributed by atoms with Gasteiger partial charge in [0.15, 0.2) is 0 Å². The van der Waals surface area contributed by atoms with Gasteiger partial charge in [0, 0.05) is 36.3 Å². The number of nitrogens with zero attached hydrogens (tertiary/aromatic N) is 4. The van der Waals surface area contributed by atoms with Crippen LogP contribution in [-0.2, 0) is 16.6 Å². The number of rotatable bonds is 3. The molecule has 1 saturated heterocycles. The molecular formula is C17H24N4OS. The van der Waals surface area contributed by atoms with Crippen molar-refractivity contribution in [1.29, 1.82) is 0 Å². The van der Waals surface area contributed by atoms with Crippen LogP contribution < -0.4 is 0 Å². The van der Waals surface area contributed by atoms with Crippen LogP contribution in [-0.4, -0.2) is 38.4 Å². The van der Waals surface area contributed by atoms with Gasteiger partial charge in [-0.15, -0.1) is 11.3 Å². The minimum Gasteiger partial charge on any atom is -0.340 e. The summed E-state index contributed by atoms with van der Waals surface area (Å²) in [6.45, 7) is 8.07. The summed E-state index contributed by atoms with van der Waals surface area (Å²) in [7, 11) is 0. The molecule has 23 heavy (non-hydrogen) atoms. The van der Waals surface area contributed by atoms with Crippen LogP contribution >= 0.6 is 11.3 Å². The quantitative estimate of drug-likeness (QED) is 0.868. The van der Waals surface area contributed by atoms with Crippen LogP contribution in [0.2, 0.25) is 0 Å². The Morgan fingerprint density at radius 1 is 1.43 bits per heavy atom. The summed E-state index contributed by atoms with van der Waals surface area (Å²) in [5, 5.41) is 3.12. The SMILES string of the molecule is CC(C)(C)c1nc(CC(=O)N2CCC[C@@H](n3ccnc3)C2)cs1. The zero-order valence-electron chi connectivity index (χ0n) is 14.0. The normalized spacial score (nSPS) is 19.1. The first kappa shape index (κ1) is 16.2. The third-order valence-electron chi connectivity index (χ3n) is 4.22. The number of aromatic nitrogens is 3. The molecule has 0 saturated carbocycles. The largest absolute Gasteiger partial charge is 0.340 e. The highest BCUT2D eigenvalue weighted by atomic mass is 32.1. The Hall–Kier alpha value is -1.69. The van der Waals surface area contributed by atoms with E-state index in [4.69, 9.17) is 0 Å². The van der Waals surface area contributed by atoms with E-state index in [1.807, 2.05) is 22.8 Å². The Morgan fingerprint density at radius 3 is 2.91 bits per heavy atom. The Labute approximate surface area is 141 Å². The number of likely N-dealkylation sites (tertiary alicyclic amines) is 1. The molecule has 0 bridgehead atoms. The Bertz CT molecular complexity index is 656. The van der Waals surface area contributed by atoms with E-state index < -0.39 is 0 Å². The molecule has 5 nitrogen and oxygen atoms in total. The molecule has 1 amide bonds. The molecule has 0 radical (unpaired) electrons. The molecule has 3 rings (SSSR count). The fourth-order valence-corrected chi connectivity index (χ4v) is 3.82. The maximum atomic E-state index is 12.6. The zero-order valence-corrected chi connectivity index (χ0v) is 14.8. The van der Waals surface area contributed by atoms with Crippen molar-refractivity contribution < 1.29 is 4.79 Å². The van der Waals surface area contributed by atoms with Crippen molar-refractivity contribution in [1.82, 2.24) is 19.4 Å². The van der Waals surface area contributed by atoms with Crippen molar-refractivity contribution in [2.45, 2.75) is 51.5 Å². The molecule has 0 N–H and O–H groups in total. The fourth-order valence-electron chi connectivity index (χ4n) is 2.91. The van der Waals surface area contributed by atoms with Gasteiger partial charge in [0.25, 0.3) is 0 Å². The summed E-state index contributed by atoms with van der Waals surface area (Å²) in [6.07, 6.45) is 8.17. The number of carbonyl (C=O) groups is 1. The second kappa shape index (κ2) is 6.43. The second-order valence-corrected chi connectivity index (χ2v) is 8.07. The summed E-state index contributed by atoms with van der Waals surface area (Å²) in [6, 6.07) is 0.343. The van der Waals surface area contributed by atoms with Crippen LogP contribution in [0.3, 0.4) is 0 Å². The monoisotopic (exact) mass is 332 g/mol. The molecule has 3 heterocycles. The van der Waals surface area contributed by atoms with Crippen LogP contribution in [0.4, 0.5) is 0 Å². The summed E-state index contributed by atoms with van der Waals surface area (Å²) < 4.78 is 2.11. The van der Waals surface area contributed by atoms with E-state index in [0.717, 1.165) is 36.6 Å². The van der Waals surface area contributed by atoms with Crippen LogP contribution in [0.25, 0.3) is 0 Å². The molecule has 1 aliphatic rings. The van der Waals surface area contributed by atoms with Gasteiger partial charge in [-0.05, 0) is 12.8 Å². The molecule has 0 aliphatic carbocycles. The average molecular weight is 332 g/mol. The van der Waals surface area contributed by atoms with Gasteiger partial charge >= 0.3 is 0 Å². The maximum absolute atomic E-state index is 12.6. The van der Waals surface area contributed by atoms with E-state index in [1.54, 1.807) is 17.5 Å². The number of thiazole rings is 1. The molecular weight excluding hydrogens is 308 g/mol. The minimum atomic E-state index is 0.0452. The summed E-state index contributed by atoms with van der Waals surface area (Å²) >= 11 is 1.65. The predicted octanol–water partition coefficient (Wildman–Crippen LogP) is 3.04. The highest BCUT2D eigenvalue weighted by Gasteiger charge is 2.25. The van der Waals surface area contributed by atoms with E-state index >= 15 is 0 Å². The predicted molar refractivity (Wildman–Crippen MR) is 91.6 cm³/mol. The zero-order chi connectivity index (χ0) is 16.4. The first-order chi connectivity index (χ1) is 10.9. The number of piperidine rings is 1. The second-order valence-electron chi connectivity index (χ2n) is 7.22. The third kappa shape index (κ3) is 3.80. The number of hydrogen-bond acceptors (Lipinski definition) is 4.